The van der Waals surface area contributed by atoms with Gasteiger partial charge in [0.25, 0.3) is 5.91 Å². The maximum Gasteiger partial charge on any atom is 0.421 e. The van der Waals surface area contributed by atoms with Crippen molar-refractivity contribution in [3.63, 3.8) is 0 Å². The van der Waals surface area contributed by atoms with Gasteiger partial charge in [-0.05, 0) is 48.2 Å². The molecule has 0 saturated carbocycles. The number of imide groups is 1. The highest BCUT2D eigenvalue weighted by molar-refractivity contribution is 6.14. The molecule has 1 fully saturated rings. The lowest BCUT2D eigenvalue weighted by atomic mass is 9.84. The van der Waals surface area contributed by atoms with E-state index in [9.17, 15) is 9.59 Å². The van der Waals surface area contributed by atoms with Crippen LogP contribution in [0.25, 0.3) is 0 Å². The SMILES string of the molecule is COC(=O)N(C(=O)[C@@H](N)C(c1ccccc1)c1ccccc1)c1cncnc1CC[C@@H]1CNC[C@@H](COc2ccc(C#N)cc2)O1. The smallest absolute Gasteiger partial charge is 0.421 e. The highest BCUT2D eigenvalue weighted by Gasteiger charge is 2.37. The first kappa shape index (κ1) is 32.2. The average molecular weight is 621 g/mol. The number of nitrogens with one attached hydrogen (secondary N) is 1. The van der Waals surface area contributed by atoms with Crippen molar-refractivity contribution in [1.29, 1.82) is 5.26 Å². The maximum atomic E-state index is 14.1. The Labute approximate surface area is 267 Å². The van der Waals surface area contributed by atoms with Crippen LogP contribution in [0, 0.1) is 11.3 Å². The minimum Gasteiger partial charge on any atom is -0.491 e. The normalized spacial score (nSPS) is 16.7. The summed E-state index contributed by atoms with van der Waals surface area (Å²) in [6.45, 7) is 1.58. The third kappa shape index (κ3) is 7.92. The topological polar surface area (TPSA) is 153 Å². The lowest BCUT2D eigenvalue weighted by Crippen LogP contribution is -2.50. The van der Waals surface area contributed by atoms with Crippen LogP contribution in [0.2, 0.25) is 0 Å². The molecule has 0 spiro atoms. The van der Waals surface area contributed by atoms with E-state index >= 15 is 0 Å². The van der Waals surface area contributed by atoms with Crippen molar-refractivity contribution < 1.29 is 23.8 Å². The van der Waals surface area contributed by atoms with Gasteiger partial charge < -0.3 is 25.3 Å². The predicted octanol–water partition coefficient (Wildman–Crippen LogP) is 3.98. The van der Waals surface area contributed by atoms with E-state index in [0.717, 1.165) is 16.0 Å². The van der Waals surface area contributed by atoms with Crippen LogP contribution in [-0.2, 0) is 20.7 Å². The number of nitrogens with zero attached hydrogens (tertiary/aromatic N) is 4. The Morgan fingerprint density at radius 1 is 1.02 bits per heavy atom. The number of hydrogen-bond acceptors (Lipinski definition) is 10. The van der Waals surface area contributed by atoms with Crippen LogP contribution in [0.15, 0.2) is 97.5 Å². The second kappa shape index (κ2) is 15.7. The zero-order valence-electron chi connectivity index (χ0n) is 25.5. The molecule has 1 aliphatic rings. The minimum absolute atomic E-state index is 0.170. The molecule has 2 heterocycles. The second-order valence-corrected chi connectivity index (χ2v) is 10.8. The van der Waals surface area contributed by atoms with Crippen LogP contribution >= 0.6 is 0 Å². The molecule has 1 saturated heterocycles. The Balaban J connectivity index is 1.30. The number of carbonyl (C=O) groups excluding carboxylic acids is 2. The first-order chi connectivity index (χ1) is 22.5. The number of hydrogen-bond donors (Lipinski definition) is 2. The number of benzene rings is 3. The van der Waals surface area contributed by atoms with Crippen LogP contribution in [0.4, 0.5) is 10.5 Å². The molecular formula is C35H36N6O5. The van der Waals surface area contributed by atoms with Crippen molar-refractivity contribution in [2.24, 2.45) is 5.73 Å². The van der Waals surface area contributed by atoms with Gasteiger partial charge in [0.2, 0.25) is 0 Å². The lowest BCUT2D eigenvalue weighted by Gasteiger charge is -2.31. The van der Waals surface area contributed by atoms with Gasteiger partial charge in [0.1, 0.15) is 24.8 Å². The van der Waals surface area contributed by atoms with Crippen LogP contribution < -0.4 is 20.7 Å². The third-order valence-electron chi connectivity index (χ3n) is 7.80. The van der Waals surface area contributed by atoms with Crippen LogP contribution in [0.5, 0.6) is 5.75 Å². The largest absolute Gasteiger partial charge is 0.491 e. The zero-order valence-corrected chi connectivity index (χ0v) is 25.5. The fourth-order valence-electron chi connectivity index (χ4n) is 5.50. The number of nitriles is 1. The summed E-state index contributed by atoms with van der Waals surface area (Å²) in [5, 5.41) is 12.4. The van der Waals surface area contributed by atoms with Crippen molar-refractivity contribution >= 4 is 17.7 Å². The van der Waals surface area contributed by atoms with E-state index in [1.165, 1.54) is 19.6 Å². The summed E-state index contributed by atoms with van der Waals surface area (Å²) in [6.07, 6.45) is 2.50. The number of methoxy groups -OCH3 is 1. The van der Waals surface area contributed by atoms with Crippen LogP contribution in [0.3, 0.4) is 0 Å². The molecule has 1 aromatic heterocycles. The Hall–Kier alpha value is -5.15. The van der Waals surface area contributed by atoms with E-state index in [1.54, 1.807) is 24.3 Å². The third-order valence-corrected chi connectivity index (χ3v) is 7.80. The monoisotopic (exact) mass is 620 g/mol. The minimum atomic E-state index is -1.13. The van der Waals surface area contributed by atoms with Gasteiger partial charge in [0.15, 0.2) is 0 Å². The fourth-order valence-corrected chi connectivity index (χ4v) is 5.50. The van der Waals surface area contributed by atoms with Crippen molar-refractivity contribution in [2.75, 3.05) is 31.7 Å². The molecule has 46 heavy (non-hydrogen) atoms. The molecule has 0 bridgehead atoms. The molecule has 0 aliphatic carbocycles. The Morgan fingerprint density at radius 3 is 2.30 bits per heavy atom. The summed E-state index contributed by atoms with van der Waals surface area (Å²) in [4.78, 5) is 36.8. The molecule has 1 aliphatic heterocycles. The fraction of sp³-hybridized carbons (Fsp3) is 0.286. The number of aromatic nitrogens is 2. The number of anilines is 1. The van der Waals surface area contributed by atoms with Gasteiger partial charge >= 0.3 is 6.09 Å². The number of ether oxygens (including phenoxy) is 3. The first-order valence-electron chi connectivity index (χ1n) is 15.0. The Kier molecular flexibility index (Phi) is 11.0. The van der Waals surface area contributed by atoms with E-state index in [-0.39, 0.29) is 17.9 Å². The molecule has 0 unspecified atom stereocenters. The van der Waals surface area contributed by atoms with E-state index in [4.69, 9.17) is 25.2 Å². The summed E-state index contributed by atoms with van der Waals surface area (Å²) in [5.74, 6) is -0.514. The number of aryl methyl sites for hydroxylation is 1. The van der Waals surface area contributed by atoms with Gasteiger partial charge in [0.05, 0.1) is 48.5 Å². The number of rotatable bonds is 11. The van der Waals surface area contributed by atoms with Crippen molar-refractivity contribution in [3.8, 4) is 11.8 Å². The number of morpholine rings is 1. The summed E-state index contributed by atoms with van der Waals surface area (Å²) in [6, 6.07) is 26.8. The Morgan fingerprint density at radius 2 is 1.67 bits per heavy atom. The highest BCUT2D eigenvalue weighted by atomic mass is 16.5. The standard InChI is InChI=1S/C35H36N6O5/c1-44-35(43)41(34(42)33(37)32(25-8-4-2-5-9-25)26-10-6-3-7-11-26)31-21-39-23-40-30(31)17-16-28-19-38-20-29(46-28)22-45-27-14-12-24(18-36)13-15-27/h2-15,21,23,28-29,32-33,38H,16-17,19-20,22,37H2,1H3/t28-,29+,33+/m1/s1. The van der Waals surface area contributed by atoms with Gasteiger partial charge in [-0.15, -0.1) is 0 Å². The summed E-state index contributed by atoms with van der Waals surface area (Å²) in [7, 11) is 1.21. The van der Waals surface area contributed by atoms with E-state index in [1.807, 2.05) is 60.7 Å². The molecule has 3 N–H and O–H groups in total. The van der Waals surface area contributed by atoms with Crippen molar-refractivity contribution in [3.05, 3.63) is 120 Å². The Bertz CT molecular complexity index is 1590. The quantitative estimate of drug-likeness (QED) is 0.252. The lowest BCUT2D eigenvalue weighted by molar-refractivity contribution is -0.119. The molecule has 2 amide bonds. The predicted molar refractivity (Wildman–Crippen MR) is 171 cm³/mol. The highest BCUT2D eigenvalue weighted by Crippen LogP contribution is 2.30. The molecule has 3 aromatic carbocycles. The van der Waals surface area contributed by atoms with Crippen molar-refractivity contribution in [2.45, 2.75) is 37.0 Å². The molecule has 236 valence electrons. The summed E-state index contributed by atoms with van der Waals surface area (Å²) in [5.41, 5.74) is 9.63. The van der Waals surface area contributed by atoms with Gasteiger partial charge in [-0.2, -0.15) is 5.26 Å². The molecule has 11 heteroatoms. The van der Waals surface area contributed by atoms with E-state index in [2.05, 4.69) is 21.4 Å². The van der Waals surface area contributed by atoms with Crippen LogP contribution in [0.1, 0.15) is 34.7 Å². The molecule has 0 radical (unpaired) electrons. The number of carbonyl (C=O) groups is 2. The van der Waals surface area contributed by atoms with Gasteiger partial charge in [-0.1, -0.05) is 60.7 Å². The van der Waals surface area contributed by atoms with E-state index in [0.29, 0.717) is 49.5 Å². The molecule has 4 aromatic rings. The zero-order chi connectivity index (χ0) is 32.3. The molecule has 3 atom stereocenters. The van der Waals surface area contributed by atoms with E-state index < -0.39 is 24.0 Å². The maximum absolute atomic E-state index is 14.1. The van der Waals surface area contributed by atoms with Gasteiger partial charge in [-0.25, -0.2) is 19.7 Å². The molecule has 11 nitrogen and oxygen atoms in total. The summed E-state index contributed by atoms with van der Waals surface area (Å²) < 4.78 is 17.2. The summed E-state index contributed by atoms with van der Waals surface area (Å²) >= 11 is 0. The number of amides is 2. The average Bonchev–Trinajstić information content (AvgIpc) is 3.11. The van der Waals surface area contributed by atoms with Crippen LogP contribution in [-0.4, -0.2) is 67.0 Å². The van der Waals surface area contributed by atoms with Gasteiger partial charge in [0, 0.05) is 19.0 Å². The molecular weight excluding hydrogens is 584 g/mol. The number of nitrogens with two attached hydrogens (primary N) is 1. The second-order valence-electron chi connectivity index (χ2n) is 10.8. The molecule has 5 rings (SSSR count). The van der Waals surface area contributed by atoms with Gasteiger partial charge in [-0.3, -0.25) is 4.79 Å². The first-order valence-corrected chi connectivity index (χ1v) is 15.0. The van der Waals surface area contributed by atoms with Crippen molar-refractivity contribution in [1.82, 2.24) is 15.3 Å².